The number of hydrogen-bond donors (Lipinski definition) is 2. The topological polar surface area (TPSA) is 75.6 Å². The summed E-state index contributed by atoms with van der Waals surface area (Å²) in [5.74, 6) is -3.77. The summed E-state index contributed by atoms with van der Waals surface area (Å²) >= 11 is 0. The maximum atomic E-state index is 13.4. The summed E-state index contributed by atoms with van der Waals surface area (Å²) in [5, 5.41) is 12.7. The number of rotatable bonds is 7. The molecule has 1 amide bonds. The number of nitrogens with one attached hydrogen (secondary N) is 1. The van der Waals surface area contributed by atoms with Crippen LogP contribution in [-0.2, 0) is 14.0 Å². The number of alkyl halides is 3. The lowest BCUT2D eigenvalue weighted by Gasteiger charge is -2.51. The number of carbonyl (C=O) groups is 2. The Labute approximate surface area is 178 Å². The van der Waals surface area contributed by atoms with Crippen molar-refractivity contribution in [3.8, 4) is 0 Å². The number of halogens is 3. The van der Waals surface area contributed by atoms with E-state index in [4.69, 9.17) is 4.43 Å². The van der Waals surface area contributed by atoms with E-state index >= 15 is 0 Å². The third-order valence-electron chi connectivity index (χ3n) is 6.80. The Bertz CT molecular complexity index is 651. The molecule has 0 unspecified atom stereocenters. The van der Waals surface area contributed by atoms with Crippen LogP contribution in [-0.4, -0.2) is 43.6 Å². The predicted octanol–water partition coefficient (Wildman–Crippen LogP) is 4.41. The maximum absolute atomic E-state index is 13.4. The monoisotopic (exact) mass is 451 g/mol. The van der Waals surface area contributed by atoms with Gasteiger partial charge in [0.15, 0.2) is 8.32 Å². The zero-order valence-corrected chi connectivity index (χ0v) is 19.7. The molecule has 2 aliphatic rings. The second kappa shape index (κ2) is 8.90. The molecule has 0 aromatic rings. The van der Waals surface area contributed by atoms with E-state index in [1.165, 1.54) is 19.6 Å². The van der Waals surface area contributed by atoms with Gasteiger partial charge in [-0.05, 0) is 62.6 Å². The normalized spacial score (nSPS) is 30.9. The molecule has 0 aromatic heterocycles. The van der Waals surface area contributed by atoms with Crippen LogP contribution in [0.4, 0.5) is 13.2 Å². The number of hydrogen-bond acceptors (Lipinski definition) is 4. The average Bonchev–Trinajstić information content (AvgIpc) is 2.56. The maximum Gasteiger partial charge on any atom is 0.442 e. The zero-order valence-electron chi connectivity index (χ0n) is 18.7. The summed E-state index contributed by atoms with van der Waals surface area (Å²) in [6, 6.07) is 0. The molecular weight excluding hydrogens is 415 g/mol. The van der Waals surface area contributed by atoms with Crippen molar-refractivity contribution in [2.75, 3.05) is 6.54 Å². The van der Waals surface area contributed by atoms with Crippen LogP contribution < -0.4 is 5.32 Å². The number of aliphatic hydroxyl groups is 1. The predicted molar refractivity (Wildman–Crippen MR) is 110 cm³/mol. The molecule has 2 saturated carbocycles. The standard InChI is InChI=1S/C21H36F3NO4Si/c1-14(15-8-6-9-16-17(26)10-7-11-19(15,16)2)13-25-18(27)12-20(28,21(22,23)24)29-30(3,4)5/h14-16,28H,6-13H2,1-5H3,(H,25,27)/t14-,15-,16+,19+,20-/m1/s1. The molecule has 5 atom stereocenters. The summed E-state index contributed by atoms with van der Waals surface area (Å²) in [6.07, 6.45) is -0.990. The quantitative estimate of drug-likeness (QED) is 0.444. The second-order valence-corrected chi connectivity index (χ2v) is 14.8. The Morgan fingerprint density at radius 2 is 1.93 bits per heavy atom. The average molecular weight is 452 g/mol. The molecule has 2 fully saturated rings. The van der Waals surface area contributed by atoms with E-state index in [0.29, 0.717) is 12.2 Å². The fourth-order valence-corrected chi connectivity index (χ4v) is 6.70. The van der Waals surface area contributed by atoms with Crippen molar-refractivity contribution in [1.82, 2.24) is 5.32 Å². The molecule has 2 rings (SSSR count). The molecule has 174 valence electrons. The fourth-order valence-electron chi connectivity index (χ4n) is 5.50. The van der Waals surface area contributed by atoms with Gasteiger partial charge in [0, 0.05) is 18.9 Å². The van der Waals surface area contributed by atoms with Gasteiger partial charge in [-0.2, -0.15) is 13.2 Å². The molecule has 0 aliphatic heterocycles. The van der Waals surface area contributed by atoms with Crippen LogP contribution in [0.25, 0.3) is 0 Å². The Balaban J connectivity index is 2.01. The highest BCUT2D eigenvalue weighted by Gasteiger charge is 2.58. The lowest BCUT2D eigenvalue weighted by molar-refractivity contribution is -0.338. The molecule has 2 N–H and O–H groups in total. The van der Waals surface area contributed by atoms with Crippen LogP contribution in [0.3, 0.4) is 0 Å². The van der Waals surface area contributed by atoms with Gasteiger partial charge in [0.2, 0.25) is 5.91 Å². The largest absolute Gasteiger partial charge is 0.442 e. The minimum absolute atomic E-state index is 0.0181. The highest BCUT2D eigenvalue weighted by Crippen LogP contribution is 2.54. The van der Waals surface area contributed by atoms with E-state index in [9.17, 15) is 27.9 Å². The lowest BCUT2D eigenvalue weighted by atomic mass is 9.52. The van der Waals surface area contributed by atoms with Crippen LogP contribution in [0.1, 0.15) is 58.8 Å². The Kier molecular flexibility index (Phi) is 7.51. The van der Waals surface area contributed by atoms with Crippen LogP contribution in [0.2, 0.25) is 19.6 Å². The van der Waals surface area contributed by atoms with E-state index in [1.54, 1.807) is 0 Å². The SMILES string of the molecule is C[C@H](CNC(=O)C[C@@](O)(O[Si](C)(C)C)C(F)(F)F)[C@H]1CCC[C@H]2C(=O)CCC[C@@]12C. The van der Waals surface area contributed by atoms with Crippen molar-refractivity contribution in [3.63, 3.8) is 0 Å². The highest BCUT2D eigenvalue weighted by atomic mass is 28.4. The van der Waals surface area contributed by atoms with E-state index in [0.717, 1.165) is 32.1 Å². The molecule has 0 bridgehead atoms. The third kappa shape index (κ3) is 5.65. The minimum Gasteiger partial charge on any atom is -0.384 e. The first-order valence-electron chi connectivity index (χ1n) is 10.9. The lowest BCUT2D eigenvalue weighted by Crippen LogP contribution is -2.55. The van der Waals surface area contributed by atoms with E-state index in [2.05, 4.69) is 12.2 Å². The summed E-state index contributed by atoms with van der Waals surface area (Å²) in [4.78, 5) is 24.7. The van der Waals surface area contributed by atoms with Crippen LogP contribution in [0.15, 0.2) is 0 Å². The second-order valence-electron chi connectivity index (χ2n) is 10.4. The minimum atomic E-state index is -5.07. The molecule has 0 radical (unpaired) electrons. The van der Waals surface area contributed by atoms with Gasteiger partial charge in [0.25, 0.3) is 5.79 Å². The molecule has 30 heavy (non-hydrogen) atoms. The summed E-state index contributed by atoms with van der Waals surface area (Å²) in [7, 11) is -2.76. The summed E-state index contributed by atoms with van der Waals surface area (Å²) < 4.78 is 45.1. The zero-order chi connectivity index (χ0) is 23.0. The van der Waals surface area contributed by atoms with E-state index in [-0.39, 0.29) is 29.7 Å². The smallest absolute Gasteiger partial charge is 0.384 e. The van der Waals surface area contributed by atoms with Crippen molar-refractivity contribution < 1.29 is 32.3 Å². The van der Waals surface area contributed by atoms with Crippen LogP contribution >= 0.6 is 0 Å². The van der Waals surface area contributed by atoms with E-state index in [1.807, 2.05) is 6.92 Å². The van der Waals surface area contributed by atoms with Gasteiger partial charge in [-0.3, -0.25) is 9.59 Å². The fraction of sp³-hybridized carbons (Fsp3) is 0.905. The molecule has 0 heterocycles. The summed E-state index contributed by atoms with van der Waals surface area (Å²) in [5.41, 5.74) is -0.120. The Morgan fingerprint density at radius 1 is 1.30 bits per heavy atom. The first-order valence-corrected chi connectivity index (χ1v) is 14.3. The van der Waals surface area contributed by atoms with Crippen molar-refractivity contribution in [2.45, 2.75) is 90.4 Å². The van der Waals surface area contributed by atoms with Crippen LogP contribution in [0, 0.1) is 23.2 Å². The summed E-state index contributed by atoms with van der Waals surface area (Å²) in [6.45, 7) is 8.91. The first-order chi connectivity index (χ1) is 13.6. The van der Waals surface area contributed by atoms with E-state index < -0.39 is 32.6 Å². The number of Topliss-reactive ketones (excluding diaryl/α,β-unsaturated/α-hetero) is 1. The Morgan fingerprint density at radius 3 is 2.50 bits per heavy atom. The van der Waals surface area contributed by atoms with Crippen molar-refractivity contribution in [1.29, 1.82) is 0 Å². The molecule has 5 nitrogen and oxygen atoms in total. The molecule has 0 aromatic carbocycles. The number of amides is 1. The van der Waals surface area contributed by atoms with Crippen molar-refractivity contribution >= 4 is 20.0 Å². The third-order valence-corrected chi connectivity index (χ3v) is 7.75. The molecule has 0 saturated heterocycles. The van der Waals surface area contributed by atoms with Crippen molar-refractivity contribution in [2.24, 2.45) is 23.2 Å². The van der Waals surface area contributed by atoms with Gasteiger partial charge >= 0.3 is 6.18 Å². The van der Waals surface area contributed by atoms with Gasteiger partial charge < -0.3 is 14.8 Å². The first kappa shape index (κ1) is 25.3. The van der Waals surface area contributed by atoms with Gasteiger partial charge in [-0.15, -0.1) is 0 Å². The number of ketones is 1. The van der Waals surface area contributed by atoms with Crippen molar-refractivity contribution in [3.05, 3.63) is 0 Å². The molecule has 2 aliphatic carbocycles. The van der Waals surface area contributed by atoms with Gasteiger partial charge in [-0.25, -0.2) is 0 Å². The van der Waals surface area contributed by atoms with Gasteiger partial charge in [0.1, 0.15) is 5.78 Å². The molecular formula is C21H36F3NO4Si. The van der Waals surface area contributed by atoms with Crippen LogP contribution in [0.5, 0.6) is 0 Å². The number of fused-ring (bicyclic) bond motifs is 1. The highest BCUT2D eigenvalue weighted by molar-refractivity contribution is 6.69. The van der Waals surface area contributed by atoms with Gasteiger partial charge in [0.05, 0.1) is 6.42 Å². The van der Waals surface area contributed by atoms with Gasteiger partial charge in [-0.1, -0.05) is 20.3 Å². The molecule has 9 heteroatoms. The molecule has 0 spiro atoms. The Hall–Kier alpha value is -0.933. The number of carbonyl (C=O) groups excluding carboxylic acids is 2.